The maximum atomic E-state index is 11.6. The fraction of sp³-hybridized carbons (Fsp3) is 0.286. The van der Waals surface area contributed by atoms with Gasteiger partial charge in [0.25, 0.3) is 5.56 Å². The number of benzene rings is 1. The molecule has 3 rings (SSSR count). The van der Waals surface area contributed by atoms with Gasteiger partial charge in [0.2, 0.25) is 0 Å². The topological polar surface area (TPSA) is 101 Å². The molecule has 0 saturated heterocycles. The molecule has 0 radical (unpaired) electrons. The van der Waals surface area contributed by atoms with Crippen molar-refractivity contribution in [2.45, 2.75) is 25.4 Å². The lowest BCUT2D eigenvalue weighted by atomic mass is 10.1. The zero-order valence-corrected chi connectivity index (χ0v) is 11.0. The first-order valence-corrected chi connectivity index (χ1v) is 6.60. The summed E-state index contributed by atoms with van der Waals surface area (Å²) in [7, 11) is 0. The van der Waals surface area contributed by atoms with Crippen molar-refractivity contribution in [3.05, 3.63) is 46.5 Å². The van der Waals surface area contributed by atoms with Crippen molar-refractivity contribution in [3.63, 3.8) is 0 Å². The van der Waals surface area contributed by atoms with Crippen LogP contribution in [0.25, 0.3) is 0 Å². The Morgan fingerprint density at radius 1 is 1.30 bits per heavy atom. The molecule has 0 aliphatic heterocycles. The van der Waals surface area contributed by atoms with Crippen LogP contribution in [-0.4, -0.2) is 16.0 Å². The van der Waals surface area contributed by atoms with Crippen LogP contribution in [-0.2, 0) is 6.54 Å². The van der Waals surface area contributed by atoms with Crippen molar-refractivity contribution in [1.82, 2.24) is 9.97 Å². The van der Waals surface area contributed by atoms with Crippen LogP contribution in [0.5, 0.6) is 0 Å². The van der Waals surface area contributed by atoms with Gasteiger partial charge in [-0.05, 0) is 24.5 Å². The summed E-state index contributed by atoms with van der Waals surface area (Å²) in [6.07, 6.45) is 3.55. The maximum Gasteiger partial charge on any atom is 0.276 e. The predicted octanol–water partition coefficient (Wildman–Crippen LogP) is 1.10. The van der Waals surface area contributed by atoms with Gasteiger partial charge in [0, 0.05) is 18.3 Å². The zero-order valence-electron chi connectivity index (χ0n) is 11.0. The van der Waals surface area contributed by atoms with Crippen LogP contribution in [0, 0.1) is 0 Å². The maximum absolute atomic E-state index is 11.6. The minimum absolute atomic E-state index is 0.161. The first kappa shape index (κ1) is 12.5. The summed E-state index contributed by atoms with van der Waals surface area (Å²) in [4.78, 5) is 20.4. The first-order valence-electron chi connectivity index (χ1n) is 6.60. The highest BCUT2D eigenvalue weighted by atomic mass is 16.1. The van der Waals surface area contributed by atoms with Gasteiger partial charge in [0.05, 0.1) is 6.33 Å². The molecule has 2 aromatic rings. The number of para-hydroxylation sites is 1. The molecule has 1 heterocycles. The standard InChI is InChI=1S/C14H17N5O/c15-11-4-2-1-3-9(11)7-19(10-5-6-10)13-12(16)14(20)18-8-17-13/h1-4,8,10H,5-7,15-16H2,(H,17,18,20). The zero-order chi connectivity index (χ0) is 14.1. The second kappa shape index (κ2) is 4.88. The number of aromatic amines is 1. The highest BCUT2D eigenvalue weighted by Gasteiger charge is 2.31. The predicted molar refractivity (Wildman–Crippen MR) is 79.3 cm³/mol. The fourth-order valence-electron chi connectivity index (χ4n) is 2.25. The molecule has 1 aromatic heterocycles. The van der Waals surface area contributed by atoms with E-state index in [1.165, 1.54) is 6.33 Å². The number of hydrogen-bond donors (Lipinski definition) is 3. The minimum atomic E-state index is -0.304. The van der Waals surface area contributed by atoms with Gasteiger partial charge in [-0.1, -0.05) is 18.2 Å². The van der Waals surface area contributed by atoms with Gasteiger partial charge in [-0.2, -0.15) is 0 Å². The smallest absolute Gasteiger partial charge is 0.276 e. The third-order valence-corrected chi connectivity index (χ3v) is 3.52. The van der Waals surface area contributed by atoms with Crippen LogP contribution < -0.4 is 21.9 Å². The molecule has 0 atom stereocenters. The summed E-state index contributed by atoms with van der Waals surface area (Å²) >= 11 is 0. The van der Waals surface area contributed by atoms with Gasteiger partial charge in [0.1, 0.15) is 5.69 Å². The average Bonchev–Trinajstić information content (AvgIpc) is 3.26. The number of rotatable bonds is 4. The third kappa shape index (κ3) is 2.32. The molecule has 0 spiro atoms. The summed E-state index contributed by atoms with van der Waals surface area (Å²) in [5.74, 6) is 0.541. The van der Waals surface area contributed by atoms with Crippen molar-refractivity contribution < 1.29 is 0 Å². The van der Waals surface area contributed by atoms with E-state index in [-0.39, 0.29) is 11.2 Å². The first-order chi connectivity index (χ1) is 9.66. The van der Waals surface area contributed by atoms with Gasteiger partial charge in [-0.15, -0.1) is 0 Å². The molecule has 0 unspecified atom stereocenters. The van der Waals surface area contributed by atoms with Crippen molar-refractivity contribution in [1.29, 1.82) is 0 Å². The quantitative estimate of drug-likeness (QED) is 0.723. The van der Waals surface area contributed by atoms with Gasteiger partial charge in [-0.3, -0.25) is 4.79 Å². The van der Waals surface area contributed by atoms with Crippen molar-refractivity contribution in [3.8, 4) is 0 Å². The van der Waals surface area contributed by atoms with Gasteiger partial charge >= 0.3 is 0 Å². The fourth-order valence-corrected chi connectivity index (χ4v) is 2.25. The van der Waals surface area contributed by atoms with Gasteiger partial charge in [-0.25, -0.2) is 4.98 Å². The number of nitrogens with two attached hydrogens (primary N) is 2. The number of nitrogens with one attached hydrogen (secondary N) is 1. The second-order valence-electron chi connectivity index (χ2n) is 5.03. The number of anilines is 3. The van der Waals surface area contributed by atoms with Gasteiger partial charge < -0.3 is 21.4 Å². The van der Waals surface area contributed by atoms with Gasteiger partial charge in [0.15, 0.2) is 5.82 Å². The molecule has 1 saturated carbocycles. The molecule has 5 N–H and O–H groups in total. The SMILES string of the molecule is Nc1ccccc1CN(c1nc[nH]c(=O)c1N)C1CC1. The van der Waals surface area contributed by atoms with Crippen LogP contribution in [0.2, 0.25) is 0 Å². The summed E-state index contributed by atoms with van der Waals surface area (Å²) in [6, 6.07) is 8.08. The van der Waals surface area contributed by atoms with E-state index >= 15 is 0 Å². The molecule has 6 nitrogen and oxygen atoms in total. The number of aromatic nitrogens is 2. The third-order valence-electron chi connectivity index (χ3n) is 3.52. The van der Waals surface area contributed by atoms with Crippen molar-refractivity contribution >= 4 is 17.2 Å². The largest absolute Gasteiger partial charge is 0.398 e. The van der Waals surface area contributed by atoms with E-state index in [2.05, 4.69) is 14.9 Å². The monoisotopic (exact) mass is 271 g/mol. The number of hydrogen-bond acceptors (Lipinski definition) is 5. The highest BCUT2D eigenvalue weighted by Crippen LogP contribution is 2.34. The Morgan fingerprint density at radius 3 is 2.75 bits per heavy atom. The Kier molecular flexibility index (Phi) is 3.06. The number of nitrogens with zero attached hydrogens (tertiary/aromatic N) is 2. The van der Waals surface area contributed by atoms with Crippen LogP contribution in [0.4, 0.5) is 17.2 Å². The highest BCUT2D eigenvalue weighted by molar-refractivity contribution is 5.63. The molecule has 6 heteroatoms. The molecule has 104 valence electrons. The van der Waals surface area contributed by atoms with E-state index in [0.717, 1.165) is 24.1 Å². The Hall–Kier alpha value is -2.50. The molecule has 0 bridgehead atoms. The van der Waals surface area contributed by atoms with E-state index < -0.39 is 0 Å². The molecular formula is C14H17N5O. The van der Waals surface area contributed by atoms with E-state index in [1.807, 2.05) is 24.3 Å². The van der Waals surface area contributed by atoms with Crippen LogP contribution >= 0.6 is 0 Å². The normalized spacial score (nSPS) is 14.2. The average molecular weight is 271 g/mol. The molecule has 1 aromatic carbocycles. The van der Waals surface area contributed by atoms with E-state index in [1.54, 1.807) is 0 Å². The number of H-pyrrole nitrogens is 1. The summed E-state index contributed by atoms with van der Waals surface area (Å²) in [5.41, 5.74) is 13.5. The van der Waals surface area contributed by atoms with E-state index in [4.69, 9.17) is 11.5 Å². The Bertz CT molecular complexity index is 677. The Morgan fingerprint density at radius 2 is 2.05 bits per heavy atom. The minimum Gasteiger partial charge on any atom is -0.398 e. The molecule has 1 aliphatic rings. The van der Waals surface area contributed by atoms with Crippen LogP contribution in [0.3, 0.4) is 0 Å². The molecular weight excluding hydrogens is 254 g/mol. The Labute approximate surface area is 116 Å². The molecule has 0 amide bonds. The van der Waals surface area contributed by atoms with Crippen molar-refractivity contribution in [2.24, 2.45) is 0 Å². The summed E-state index contributed by atoms with van der Waals surface area (Å²) in [5, 5.41) is 0. The number of nitrogen functional groups attached to an aromatic ring is 2. The second-order valence-corrected chi connectivity index (χ2v) is 5.03. The van der Waals surface area contributed by atoms with E-state index in [0.29, 0.717) is 18.4 Å². The summed E-state index contributed by atoms with van der Waals surface area (Å²) < 4.78 is 0. The molecule has 1 fully saturated rings. The van der Waals surface area contributed by atoms with Crippen LogP contribution in [0.1, 0.15) is 18.4 Å². The Balaban J connectivity index is 1.96. The summed E-state index contributed by atoms with van der Waals surface area (Å²) in [6.45, 7) is 0.609. The molecule has 1 aliphatic carbocycles. The lowest BCUT2D eigenvalue weighted by Crippen LogP contribution is -2.29. The lowest BCUT2D eigenvalue weighted by molar-refractivity contribution is 0.777. The van der Waals surface area contributed by atoms with Crippen molar-refractivity contribution in [2.75, 3.05) is 16.4 Å². The van der Waals surface area contributed by atoms with E-state index in [9.17, 15) is 4.79 Å². The molecule has 20 heavy (non-hydrogen) atoms. The van der Waals surface area contributed by atoms with Crippen LogP contribution in [0.15, 0.2) is 35.4 Å². The lowest BCUT2D eigenvalue weighted by Gasteiger charge is -2.25.